The molecule has 1 heterocycles. The third-order valence-electron chi connectivity index (χ3n) is 4.36. The summed E-state index contributed by atoms with van der Waals surface area (Å²) in [5, 5.41) is 21.0. The molecule has 0 amide bonds. The Morgan fingerprint density at radius 1 is 1.25 bits per heavy atom. The van der Waals surface area contributed by atoms with Crippen molar-refractivity contribution in [2.75, 3.05) is 7.11 Å². The van der Waals surface area contributed by atoms with Crippen LogP contribution in [0.5, 0.6) is 11.5 Å². The van der Waals surface area contributed by atoms with Crippen LogP contribution in [0.15, 0.2) is 52.3 Å². The van der Waals surface area contributed by atoms with Crippen LogP contribution in [0.3, 0.4) is 0 Å². The summed E-state index contributed by atoms with van der Waals surface area (Å²) in [6, 6.07) is 11.7. The van der Waals surface area contributed by atoms with E-state index in [0.717, 1.165) is 6.07 Å². The molecule has 1 N–H and O–H groups in total. The minimum atomic E-state index is -0.717. The van der Waals surface area contributed by atoms with E-state index in [1.165, 1.54) is 24.1 Å². The number of aromatic hydroxyl groups is 1. The van der Waals surface area contributed by atoms with Crippen LogP contribution in [0.2, 0.25) is 0 Å². The number of ether oxygens (including phenoxy) is 1. The molecule has 144 valence electrons. The Labute approximate surface area is 159 Å². The summed E-state index contributed by atoms with van der Waals surface area (Å²) in [4.78, 5) is 27.5. The van der Waals surface area contributed by atoms with E-state index in [9.17, 15) is 20.0 Å². The van der Waals surface area contributed by atoms with Gasteiger partial charge in [-0.05, 0) is 25.1 Å². The zero-order valence-electron chi connectivity index (χ0n) is 15.5. The highest BCUT2D eigenvalue weighted by Crippen LogP contribution is 2.36. The first-order valence-corrected chi connectivity index (χ1v) is 8.28. The molecule has 3 rings (SSSR count). The predicted molar refractivity (Wildman–Crippen MR) is 104 cm³/mol. The molecular formula is C19H18N4O5. The third kappa shape index (κ3) is 3.25. The number of phenolic OH excluding ortho intramolecular Hbond substituents is 1. The van der Waals surface area contributed by atoms with E-state index >= 15 is 0 Å². The highest BCUT2D eigenvalue weighted by Gasteiger charge is 2.20. The molecule has 0 saturated carbocycles. The summed E-state index contributed by atoms with van der Waals surface area (Å²) in [5.74, 6) is -0.617. The zero-order chi connectivity index (χ0) is 20.4. The lowest BCUT2D eigenvalue weighted by Crippen LogP contribution is -2.19. The lowest BCUT2D eigenvalue weighted by Gasteiger charge is -2.07. The van der Waals surface area contributed by atoms with Crippen molar-refractivity contribution in [2.24, 2.45) is 12.0 Å². The maximum Gasteiger partial charge on any atom is 0.315 e. The second kappa shape index (κ2) is 7.39. The highest BCUT2D eigenvalue weighted by atomic mass is 16.6. The van der Waals surface area contributed by atoms with E-state index in [1.54, 1.807) is 18.7 Å². The first-order valence-electron chi connectivity index (χ1n) is 8.28. The van der Waals surface area contributed by atoms with Gasteiger partial charge in [-0.2, -0.15) is 0 Å². The number of nitro benzene ring substituents is 1. The maximum absolute atomic E-state index is 12.8. The molecule has 3 aromatic rings. The van der Waals surface area contributed by atoms with Crippen molar-refractivity contribution in [3.63, 3.8) is 0 Å². The molecule has 0 fully saturated rings. The Morgan fingerprint density at radius 2 is 1.93 bits per heavy atom. The van der Waals surface area contributed by atoms with Gasteiger partial charge in [0.05, 0.1) is 23.4 Å². The smallest absolute Gasteiger partial charge is 0.315 e. The Morgan fingerprint density at radius 3 is 2.54 bits per heavy atom. The fourth-order valence-electron chi connectivity index (χ4n) is 2.83. The molecule has 0 saturated heterocycles. The molecule has 0 atom stereocenters. The number of aromatic nitrogens is 2. The highest BCUT2D eigenvalue weighted by molar-refractivity contribution is 5.85. The molecule has 0 radical (unpaired) electrons. The largest absolute Gasteiger partial charge is 0.500 e. The van der Waals surface area contributed by atoms with E-state index in [1.807, 2.05) is 30.3 Å². The average molecular weight is 382 g/mol. The van der Waals surface area contributed by atoms with Gasteiger partial charge in [0.1, 0.15) is 0 Å². The second-order valence-electron chi connectivity index (χ2n) is 6.02. The molecule has 0 bridgehead atoms. The third-order valence-corrected chi connectivity index (χ3v) is 4.36. The summed E-state index contributed by atoms with van der Waals surface area (Å²) < 4.78 is 8.14. The van der Waals surface area contributed by atoms with Gasteiger partial charge in [0.2, 0.25) is 5.75 Å². The minimum absolute atomic E-state index is 0.0536. The second-order valence-corrected chi connectivity index (χ2v) is 6.02. The SMILES string of the molecule is COc1cc(C=Nc2c(C)n(C)n(-c3ccccc3)c2=O)cc([N+](=O)[O-])c1O. The summed E-state index contributed by atoms with van der Waals surface area (Å²) >= 11 is 0. The van der Waals surface area contributed by atoms with Gasteiger partial charge in [0, 0.05) is 24.9 Å². The Kier molecular flexibility index (Phi) is 4.99. The first kappa shape index (κ1) is 18.9. The zero-order valence-corrected chi connectivity index (χ0v) is 15.5. The van der Waals surface area contributed by atoms with E-state index in [-0.39, 0.29) is 17.0 Å². The quantitative estimate of drug-likeness (QED) is 0.414. The molecule has 2 aromatic carbocycles. The predicted octanol–water partition coefficient (Wildman–Crippen LogP) is 2.86. The van der Waals surface area contributed by atoms with E-state index < -0.39 is 16.4 Å². The molecule has 0 aliphatic heterocycles. The van der Waals surface area contributed by atoms with E-state index in [4.69, 9.17) is 4.74 Å². The number of methoxy groups -OCH3 is 1. The van der Waals surface area contributed by atoms with Crippen LogP contribution in [0, 0.1) is 17.0 Å². The molecule has 9 nitrogen and oxygen atoms in total. The molecule has 0 unspecified atom stereocenters. The Bertz CT molecular complexity index is 1130. The van der Waals surface area contributed by atoms with Crippen molar-refractivity contribution in [2.45, 2.75) is 6.92 Å². The van der Waals surface area contributed by atoms with Gasteiger partial charge in [-0.3, -0.25) is 19.6 Å². The summed E-state index contributed by atoms with van der Waals surface area (Å²) in [7, 11) is 3.04. The Balaban J connectivity index is 2.08. The summed E-state index contributed by atoms with van der Waals surface area (Å²) in [6.45, 7) is 1.76. The molecule has 0 aliphatic rings. The number of rotatable bonds is 5. The molecule has 1 aromatic heterocycles. The number of aliphatic imine (C=N–C) groups is 1. The first-order chi connectivity index (χ1) is 13.3. The van der Waals surface area contributed by atoms with Gasteiger partial charge in [0.15, 0.2) is 11.4 Å². The van der Waals surface area contributed by atoms with Crippen LogP contribution in [0.4, 0.5) is 11.4 Å². The molecular weight excluding hydrogens is 364 g/mol. The van der Waals surface area contributed by atoms with Crippen molar-refractivity contribution in [3.05, 3.63) is 74.2 Å². The van der Waals surface area contributed by atoms with Crippen molar-refractivity contribution < 1.29 is 14.8 Å². The monoisotopic (exact) mass is 382 g/mol. The van der Waals surface area contributed by atoms with Gasteiger partial charge in [-0.15, -0.1) is 0 Å². The van der Waals surface area contributed by atoms with Crippen LogP contribution in [-0.2, 0) is 7.05 Å². The summed E-state index contributed by atoms with van der Waals surface area (Å²) in [6.07, 6.45) is 1.33. The minimum Gasteiger partial charge on any atom is -0.500 e. The van der Waals surface area contributed by atoms with Crippen LogP contribution in [-0.4, -0.2) is 32.7 Å². The number of benzene rings is 2. The van der Waals surface area contributed by atoms with E-state index in [0.29, 0.717) is 16.9 Å². The van der Waals surface area contributed by atoms with Crippen molar-refractivity contribution in [1.29, 1.82) is 0 Å². The number of phenols is 1. The van der Waals surface area contributed by atoms with Crippen molar-refractivity contribution >= 4 is 17.6 Å². The maximum atomic E-state index is 12.8. The lowest BCUT2D eigenvalue weighted by molar-refractivity contribution is -0.386. The van der Waals surface area contributed by atoms with Crippen LogP contribution in [0.25, 0.3) is 5.69 Å². The number of nitrogens with zero attached hydrogens (tertiary/aromatic N) is 4. The van der Waals surface area contributed by atoms with Crippen molar-refractivity contribution in [3.8, 4) is 17.2 Å². The van der Waals surface area contributed by atoms with Crippen molar-refractivity contribution in [1.82, 2.24) is 9.36 Å². The Hall–Kier alpha value is -3.88. The average Bonchev–Trinajstić information content (AvgIpc) is 2.90. The van der Waals surface area contributed by atoms with Crippen LogP contribution < -0.4 is 10.3 Å². The van der Waals surface area contributed by atoms with Gasteiger partial charge < -0.3 is 9.84 Å². The number of nitro groups is 1. The van der Waals surface area contributed by atoms with Crippen LogP contribution in [0.1, 0.15) is 11.3 Å². The number of para-hydroxylation sites is 1. The number of hydrogen-bond acceptors (Lipinski definition) is 6. The lowest BCUT2D eigenvalue weighted by atomic mass is 10.2. The van der Waals surface area contributed by atoms with Gasteiger partial charge >= 0.3 is 5.69 Å². The molecule has 28 heavy (non-hydrogen) atoms. The molecule has 9 heteroatoms. The van der Waals surface area contributed by atoms with Gasteiger partial charge in [-0.25, -0.2) is 9.67 Å². The fourth-order valence-corrected chi connectivity index (χ4v) is 2.83. The van der Waals surface area contributed by atoms with Gasteiger partial charge in [-0.1, -0.05) is 18.2 Å². The van der Waals surface area contributed by atoms with Crippen LogP contribution >= 0.6 is 0 Å². The standard InChI is InChI=1S/C19H18N4O5/c1-12-17(19(25)22(21(12)2)14-7-5-4-6-8-14)20-11-13-9-15(23(26)27)18(24)16(10-13)28-3/h4-11,24H,1-3H3. The fraction of sp³-hybridized carbons (Fsp3) is 0.158. The normalized spacial score (nSPS) is 11.1. The summed E-state index contributed by atoms with van der Waals surface area (Å²) in [5.41, 5.74) is 1.03. The topological polar surface area (TPSA) is 112 Å². The molecule has 0 aliphatic carbocycles. The van der Waals surface area contributed by atoms with E-state index in [2.05, 4.69) is 4.99 Å². The van der Waals surface area contributed by atoms with Gasteiger partial charge in [0.25, 0.3) is 5.56 Å². The molecule has 0 spiro atoms. The number of hydrogen-bond donors (Lipinski definition) is 1.